The fraction of sp³-hybridized carbons (Fsp3) is 0.328. The first-order valence-corrected chi connectivity index (χ1v) is 27.4. The maximum Gasteiger partial charge on any atom is 0.410 e. The topological polar surface area (TPSA) is 424 Å². The molecule has 0 fully saturated rings. The number of aliphatic hydroxyl groups is 2. The van der Waals surface area contributed by atoms with Gasteiger partial charge in [-0.15, -0.1) is 0 Å². The SMILES string of the molecule is CC(C)C[C@H](C(=O)N[C@H]1C(=O)N[C@@H](CC(N)=O)C(=O)N[C@H]2C(=O)N[C@H]3C(=O)N[C@H](C(=O)N[C@H](C(=O)O)c4cc(O)cc(O)c4-c4cc3ccc4O)[C@H](O)c3ccc(c(Cl)c3)Oc3cc2cc(c3O)Oc2ccc(cc2Cl)[C@H]1O)N(C)C(=O)OC(C)(C)C. The van der Waals surface area contributed by atoms with Gasteiger partial charge in [-0.3, -0.25) is 38.5 Å². The number of nitrogens with two attached hydrogens (primary N) is 1. The van der Waals surface area contributed by atoms with Gasteiger partial charge in [0.25, 0.3) is 0 Å². The summed E-state index contributed by atoms with van der Waals surface area (Å²) in [4.78, 5) is 130. The predicted octanol–water partition coefficient (Wildman–Crippen LogP) is 4.04. The van der Waals surface area contributed by atoms with Gasteiger partial charge in [0.05, 0.1) is 16.5 Å². The van der Waals surface area contributed by atoms with Gasteiger partial charge < -0.3 is 87.6 Å². The molecule has 10 rings (SSSR count). The van der Waals surface area contributed by atoms with Crippen LogP contribution in [0.25, 0.3) is 11.1 Å². The second kappa shape index (κ2) is 25.2. The molecule has 0 saturated heterocycles. The minimum absolute atomic E-state index is 0.0104. The molecule has 0 aliphatic carbocycles. The lowest BCUT2D eigenvalue weighted by Gasteiger charge is -2.33. The zero-order chi connectivity index (χ0) is 63.8. The molecule has 15 N–H and O–H groups in total. The Morgan fingerprint density at radius 3 is 1.80 bits per heavy atom. The average Bonchev–Trinajstić information content (AvgIpc) is 0.984. The second-order valence-corrected chi connectivity index (χ2v) is 23.0. The average molecular weight is 1240 g/mol. The molecule has 0 saturated carbocycles. The van der Waals surface area contributed by atoms with Crippen molar-refractivity contribution in [1.29, 1.82) is 0 Å². The molecule has 0 spiro atoms. The number of likely N-dealkylation sites (N-methyl/N-ethyl adjacent to an activating group) is 1. The van der Waals surface area contributed by atoms with Crippen LogP contribution in [0.4, 0.5) is 4.79 Å². The second-order valence-electron chi connectivity index (χ2n) is 22.1. The van der Waals surface area contributed by atoms with Gasteiger partial charge in [-0.1, -0.05) is 55.2 Å². The van der Waals surface area contributed by atoms with E-state index in [0.29, 0.717) is 0 Å². The van der Waals surface area contributed by atoms with E-state index in [2.05, 4.69) is 31.9 Å². The monoisotopic (exact) mass is 1240 g/mol. The van der Waals surface area contributed by atoms with Crippen LogP contribution in [0.3, 0.4) is 0 Å². The maximum atomic E-state index is 15.5. The number of phenolic OH excluding ortho intramolecular Hbond substituents is 4. The van der Waals surface area contributed by atoms with Crippen LogP contribution in [0.15, 0.2) is 78.9 Å². The van der Waals surface area contributed by atoms with Crippen molar-refractivity contribution in [2.45, 2.75) is 108 Å². The quantitative estimate of drug-likeness (QED) is 0.104. The molecule has 87 heavy (non-hydrogen) atoms. The normalized spacial score (nSPS) is 21.7. The molecule has 5 aromatic carbocycles. The number of primary amides is 1. The van der Waals surface area contributed by atoms with Crippen molar-refractivity contribution in [1.82, 2.24) is 36.8 Å². The largest absolute Gasteiger partial charge is 0.508 e. The molecule has 0 aromatic heterocycles. The molecule has 11 bridgehead atoms. The number of carbonyl (C=O) groups excluding carboxylic acids is 8. The number of hydrogen-bond donors (Lipinski definition) is 14. The van der Waals surface area contributed by atoms with Crippen LogP contribution in [-0.4, -0.2) is 131 Å². The fourth-order valence-corrected chi connectivity index (χ4v) is 10.3. The Morgan fingerprint density at radius 2 is 1.24 bits per heavy atom. The molecule has 5 aliphatic rings. The predicted molar refractivity (Wildman–Crippen MR) is 305 cm³/mol. The Hall–Kier alpha value is -9.57. The van der Waals surface area contributed by atoms with Gasteiger partial charge in [0.1, 0.15) is 82.8 Å². The Kier molecular flexibility index (Phi) is 18.4. The lowest BCUT2D eigenvalue weighted by molar-refractivity contribution is -0.143. The van der Waals surface area contributed by atoms with Crippen molar-refractivity contribution >= 4 is 76.6 Å². The zero-order valence-corrected chi connectivity index (χ0v) is 48.5. The highest BCUT2D eigenvalue weighted by molar-refractivity contribution is 6.32. The number of ether oxygens (including phenoxy) is 3. The Morgan fingerprint density at radius 1 is 0.678 bits per heavy atom. The highest BCUT2D eigenvalue weighted by atomic mass is 35.5. The van der Waals surface area contributed by atoms with Crippen LogP contribution in [0.1, 0.15) is 106 Å². The van der Waals surface area contributed by atoms with E-state index in [-0.39, 0.29) is 56.1 Å². The number of carboxylic acid groups (broad SMARTS) is 1. The Bertz CT molecular complexity index is 3650. The van der Waals surface area contributed by atoms with E-state index in [1.807, 2.05) is 0 Å². The molecule has 29 heteroatoms. The van der Waals surface area contributed by atoms with Gasteiger partial charge in [-0.25, -0.2) is 9.59 Å². The van der Waals surface area contributed by atoms with Crippen LogP contribution in [0.5, 0.6) is 46.0 Å². The van der Waals surface area contributed by atoms with Crippen LogP contribution < -0.4 is 47.1 Å². The van der Waals surface area contributed by atoms with Crippen molar-refractivity contribution in [3.63, 3.8) is 0 Å². The summed E-state index contributed by atoms with van der Waals surface area (Å²) in [6, 6.07) is -0.546. The van der Waals surface area contributed by atoms with Gasteiger partial charge in [0.15, 0.2) is 17.5 Å². The number of aromatic hydroxyl groups is 4. The third-order valence-corrected chi connectivity index (χ3v) is 14.7. The van der Waals surface area contributed by atoms with Crippen molar-refractivity contribution in [3.05, 3.63) is 117 Å². The molecule has 0 radical (unpaired) electrons. The lowest BCUT2D eigenvalue weighted by atomic mass is 9.89. The summed E-state index contributed by atoms with van der Waals surface area (Å²) < 4.78 is 17.8. The van der Waals surface area contributed by atoms with Gasteiger partial charge in [-0.05, 0) is 110 Å². The number of halogens is 2. The third kappa shape index (κ3) is 13.9. The molecular weight excluding hydrogens is 1180 g/mol. The van der Waals surface area contributed by atoms with Crippen LogP contribution in [-0.2, 0) is 43.1 Å². The van der Waals surface area contributed by atoms with Gasteiger partial charge in [0.2, 0.25) is 47.1 Å². The molecule has 5 heterocycles. The van der Waals surface area contributed by atoms with E-state index in [4.69, 9.17) is 43.1 Å². The lowest BCUT2D eigenvalue weighted by Crippen LogP contribution is -2.59. The van der Waals surface area contributed by atoms with E-state index in [0.717, 1.165) is 65.6 Å². The molecule has 27 nitrogen and oxygen atoms in total. The van der Waals surface area contributed by atoms with Crippen LogP contribution >= 0.6 is 23.2 Å². The molecule has 8 amide bonds. The maximum absolute atomic E-state index is 15.5. The summed E-state index contributed by atoms with van der Waals surface area (Å²) in [5.74, 6) is -15.9. The van der Waals surface area contributed by atoms with Crippen LogP contribution in [0.2, 0.25) is 10.0 Å². The molecular formula is C58H60Cl2N8O19. The number of rotatable bonds is 8. The van der Waals surface area contributed by atoms with E-state index < -0.39 is 171 Å². The molecule has 5 aliphatic heterocycles. The van der Waals surface area contributed by atoms with E-state index in [1.165, 1.54) is 25.2 Å². The highest BCUT2D eigenvalue weighted by Crippen LogP contribution is 2.48. The number of benzene rings is 5. The van der Waals surface area contributed by atoms with Crippen molar-refractivity contribution in [3.8, 4) is 57.1 Å². The number of nitrogens with zero attached hydrogens (tertiary/aromatic N) is 1. The smallest absolute Gasteiger partial charge is 0.410 e. The summed E-state index contributed by atoms with van der Waals surface area (Å²) in [6.45, 7) is 8.30. The first kappa shape index (κ1) is 63.5. The highest BCUT2D eigenvalue weighted by Gasteiger charge is 2.42. The number of nitrogens with one attached hydrogen (secondary N) is 6. The first-order chi connectivity index (χ1) is 40.8. The summed E-state index contributed by atoms with van der Waals surface area (Å²) in [5, 5.41) is 93.6. The van der Waals surface area contributed by atoms with E-state index >= 15 is 9.59 Å². The molecule has 5 aromatic rings. The number of hydrogen-bond acceptors (Lipinski definition) is 18. The summed E-state index contributed by atoms with van der Waals surface area (Å²) in [5.41, 5.74) is 2.14. The standard InChI is InChI=1S/C58H60Cl2N8O19/c1-22(2)13-33(68(6)57(84)87-58(3,4)5)51(77)66-45-47(73)24-8-11-36(30(59)15-24)85-38-17-26-18-39(49(38)75)86-37-12-9-25(16-31(37)60)48(74)46-55(81)65-44(56(82)83)29-19-27(69)20-35(71)41(29)28-14-23(7-10-34(28)70)42(52(78)67-46)64-53(79)43(26)63-50(76)32(21-40(61)72)62-54(45)80/h7-12,14-20,22,32-33,42-48,69-71,73-75H,13,21H2,1-6H3,(H2,61,72)(H,62,80)(H,63,76)(H,64,79)(H,65,81)(H,66,77)(H,67,78)(H,82,83)/t32-,33+,42+,43+,44-,45+,46-,47+,48+/m0/s1. The van der Waals surface area contributed by atoms with Gasteiger partial charge in [-0.2, -0.15) is 0 Å². The number of fused-ring (bicyclic) bond motifs is 15. The molecule has 460 valence electrons. The zero-order valence-electron chi connectivity index (χ0n) is 47.0. The van der Waals surface area contributed by atoms with Crippen molar-refractivity contribution in [2.24, 2.45) is 11.7 Å². The minimum atomic E-state index is -2.22. The van der Waals surface area contributed by atoms with Crippen molar-refractivity contribution in [2.75, 3.05) is 7.05 Å². The van der Waals surface area contributed by atoms with E-state index in [1.54, 1.807) is 34.6 Å². The summed E-state index contributed by atoms with van der Waals surface area (Å²) in [7, 11) is 1.28. The number of phenols is 4. The number of carboxylic acids is 1. The van der Waals surface area contributed by atoms with Gasteiger partial charge >= 0.3 is 12.1 Å². The van der Waals surface area contributed by atoms with E-state index in [9.17, 15) is 69.3 Å². The number of aliphatic hydroxyl groups excluding tert-OH is 2. The molecule has 9 atom stereocenters. The fourth-order valence-electron chi connectivity index (χ4n) is 9.86. The number of carbonyl (C=O) groups is 9. The Labute approximate surface area is 504 Å². The van der Waals surface area contributed by atoms with Gasteiger partial charge in [0, 0.05) is 29.8 Å². The summed E-state index contributed by atoms with van der Waals surface area (Å²) >= 11 is 13.6. The Balaban J connectivity index is 1.33. The van der Waals surface area contributed by atoms with Crippen molar-refractivity contribution < 1.29 is 93.1 Å². The number of aliphatic carboxylic acids is 1. The summed E-state index contributed by atoms with van der Waals surface area (Å²) in [6.07, 6.45) is -6.19. The number of amides is 8. The third-order valence-electron chi connectivity index (χ3n) is 14.1. The van der Waals surface area contributed by atoms with Crippen LogP contribution in [0, 0.1) is 5.92 Å². The minimum Gasteiger partial charge on any atom is -0.508 e. The molecule has 0 unspecified atom stereocenters. The first-order valence-electron chi connectivity index (χ1n) is 26.7.